The van der Waals surface area contributed by atoms with Gasteiger partial charge in [0.1, 0.15) is 26.9 Å². The molecule has 0 saturated heterocycles. The van der Waals surface area contributed by atoms with E-state index < -0.39 is 10.8 Å². The van der Waals surface area contributed by atoms with Crippen LogP contribution in [0.25, 0.3) is 38.4 Å². The van der Waals surface area contributed by atoms with Gasteiger partial charge in [0.05, 0.1) is 24.8 Å². The van der Waals surface area contributed by atoms with Gasteiger partial charge in [0.25, 0.3) is 5.69 Å². The van der Waals surface area contributed by atoms with E-state index in [-0.39, 0.29) is 5.69 Å². The van der Waals surface area contributed by atoms with Gasteiger partial charge in [-0.1, -0.05) is 11.3 Å². The van der Waals surface area contributed by atoms with Crippen molar-refractivity contribution in [2.45, 2.75) is 0 Å². The number of rotatable bonds is 8. The number of carbonyl (C=O) groups excluding carboxylic acids is 1. The smallest absolute Gasteiger partial charge is 0.269 e. The second-order valence-corrected chi connectivity index (χ2v) is 9.17. The summed E-state index contributed by atoms with van der Waals surface area (Å²) in [6, 6.07) is 20.5. The van der Waals surface area contributed by atoms with E-state index in [0.29, 0.717) is 33.3 Å². The van der Waals surface area contributed by atoms with E-state index in [9.17, 15) is 14.9 Å². The molecular formula is C28H21N5O5S. The summed E-state index contributed by atoms with van der Waals surface area (Å²) in [5.41, 5.74) is 3.08. The van der Waals surface area contributed by atoms with Crippen LogP contribution in [0.4, 0.5) is 11.4 Å². The van der Waals surface area contributed by atoms with E-state index in [1.807, 2.05) is 48.5 Å². The molecule has 11 heteroatoms. The van der Waals surface area contributed by atoms with Crippen LogP contribution in [0.2, 0.25) is 0 Å². The third kappa shape index (κ3) is 5.73. The Balaban J connectivity index is 1.50. The Bertz CT molecular complexity index is 1680. The second kappa shape index (κ2) is 11.1. The number of ether oxygens (including phenoxy) is 2. The molecule has 0 aliphatic rings. The number of anilines is 1. The summed E-state index contributed by atoms with van der Waals surface area (Å²) in [4.78, 5) is 37.9. The highest BCUT2D eigenvalue weighted by Crippen LogP contribution is 2.33. The lowest BCUT2D eigenvalue weighted by Crippen LogP contribution is -2.07. The zero-order valence-electron chi connectivity index (χ0n) is 20.8. The number of non-ortho nitro benzene ring substituents is 1. The first-order valence-electron chi connectivity index (χ1n) is 11.6. The fourth-order valence-corrected chi connectivity index (χ4v) is 4.64. The molecule has 0 bridgehead atoms. The highest BCUT2D eigenvalue weighted by molar-refractivity contribution is 7.21. The molecule has 5 aromatic rings. The molecule has 0 aliphatic carbocycles. The number of fused-ring (bicyclic) bond motifs is 1. The number of nitro groups is 1. The van der Waals surface area contributed by atoms with Gasteiger partial charge >= 0.3 is 0 Å². The molecule has 39 heavy (non-hydrogen) atoms. The van der Waals surface area contributed by atoms with Gasteiger partial charge in [0, 0.05) is 35.0 Å². The maximum absolute atomic E-state index is 12.6. The van der Waals surface area contributed by atoms with E-state index in [2.05, 4.69) is 5.32 Å². The molecule has 0 unspecified atom stereocenters. The third-order valence-corrected chi connectivity index (χ3v) is 6.71. The number of hydrogen-bond acceptors (Lipinski definition) is 9. The Morgan fingerprint density at radius 2 is 1.49 bits per heavy atom. The van der Waals surface area contributed by atoms with Gasteiger partial charge in [-0.3, -0.25) is 14.9 Å². The molecule has 0 fully saturated rings. The minimum absolute atomic E-state index is 0.0609. The standard InChI is InChI=1S/C28H21N5O5S/c1-37-21-11-3-17(4-12-21)26-30-23(15-16-24(34)29-19-7-9-20(10-8-19)33(35)36)25-28(32-26)39-27(31-25)18-5-13-22(38-2)14-6-18/h3-16H,1-2H3,(H,29,34)/b16-15+. The van der Waals surface area contributed by atoms with Gasteiger partial charge in [0.2, 0.25) is 5.91 Å². The molecule has 3 aromatic carbocycles. The topological polar surface area (TPSA) is 129 Å². The third-order valence-electron chi connectivity index (χ3n) is 5.71. The first-order valence-corrected chi connectivity index (χ1v) is 12.5. The van der Waals surface area contributed by atoms with Gasteiger partial charge < -0.3 is 14.8 Å². The van der Waals surface area contributed by atoms with Crippen LogP contribution in [0.3, 0.4) is 0 Å². The number of carbonyl (C=O) groups is 1. The number of nitrogens with one attached hydrogen (secondary N) is 1. The number of aromatic nitrogens is 3. The number of thiazole rings is 1. The second-order valence-electron chi connectivity index (χ2n) is 8.19. The molecule has 0 saturated carbocycles. The van der Waals surface area contributed by atoms with Crippen molar-refractivity contribution in [3.63, 3.8) is 0 Å². The molecule has 10 nitrogen and oxygen atoms in total. The zero-order chi connectivity index (χ0) is 27.4. The number of hydrogen-bond donors (Lipinski definition) is 1. The van der Waals surface area contributed by atoms with Crippen LogP contribution in [-0.4, -0.2) is 40.0 Å². The van der Waals surface area contributed by atoms with Crippen LogP contribution in [0.5, 0.6) is 11.5 Å². The van der Waals surface area contributed by atoms with Crippen molar-refractivity contribution in [2.75, 3.05) is 19.5 Å². The molecule has 0 spiro atoms. The molecule has 2 aromatic heterocycles. The molecule has 1 amide bonds. The maximum Gasteiger partial charge on any atom is 0.269 e. The van der Waals surface area contributed by atoms with E-state index in [1.165, 1.54) is 41.7 Å². The minimum atomic E-state index is -0.500. The Kier molecular flexibility index (Phi) is 7.23. The van der Waals surface area contributed by atoms with Crippen molar-refractivity contribution in [1.29, 1.82) is 0 Å². The van der Waals surface area contributed by atoms with Gasteiger partial charge in [-0.25, -0.2) is 15.0 Å². The molecule has 0 atom stereocenters. The minimum Gasteiger partial charge on any atom is -0.497 e. The molecule has 0 aliphatic heterocycles. The number of benzene rings is 3. The lowest BCUT2D eigenvalue weighted by Gasteiger charge is -2.05. The van der Waals surface area contributed by atoms with Crippen molar-refractivity contribution in [1.82, 2.24) is 15.0 Å². The normalized spacial score (nSPS) is 11.0. The first-order chi connectivity index (χ1) is 18.9. The molecular weight excluding hydrogens is 518 g/mol. The molecule has 1 N–H and O–H groups in total. The summed E-state index contributed by atoms with van der Waals surface area (Å²) in [7, 11) is 3.21. The quantitative estimate of drug-likeness (QED) is 0.144. The summed E-state index contributed by atoms with van der Waals surface area (Å²) in [5.74, 6) is 1.50. The van der Waals surface area contributed by atoms with Crippen LogP contribution < -0.4 is 14.8 Å². The molecule has 5 rings (SSSR count). The number of nitrogens with zero attached hydrogens (tertiary/aromatic N) is 4. The van der Waals surface area contributed by atoms with Crippen molar-refractivity contribution in [3.05, 3.63) is 94.7 Å². The van der Waals surface area contributed by atoms with E-state index >= 15 is 0 Å². The summed E-state index contributed by atoms with van der Waals surface area (Å²) >= 11 is 1.42. The molecule has 0 radical (unpaired) electrons. The zero-order valence-corrected chi connectivity index (χ0v) is 21.6. The Morgan fingerprint density at radius 1 is 0.872 bits per heavy atom. The van der Waals surface area contributed by atoms with Crippen molar-refractivity contribution >= 4 is 45.0 Å². The molecule has 2 heterocycles. The van der Waals surface area contributed by atoms with Crippen LogP contribution >= 0.6 is 11.3 Å². The first kappa shape index (κ1) is 25.5. The summed E-state index contributed by atoms with van der Waals surface area (Å²) in [6.45, 7) is 0. The summed E-state index contributed by atoms with van der Waals surface area (Å²) < 4.78 is 10.5. The van der Waals surface area contributed by atoms with Crippen LogP contribution in [0.15, 0.2) is 78.9 Å². The Hall–Kier alpha value is -5.16. The SMILES string of the molecule is COc1ccc(-c2nc(/C=C/C(=O)Nc3ccc([N+](=O)[O-])cc3)c3nc(-c4ccc(OC)cc4)sc3n2)cc1. The lowest BCUT2D eigenvalue weighted by atomic mass is 10.2. The van der Waals surface area contributed by atoms with Gasteiger partial charge in [-0.15, -0.1) is 0 Å². The van der Waals surface area contributed by atoms with Crippen LogP contribution in [0, 0.1) is 10.1 Å². The predicted octanol–water partition coefficient (Wildman–Crippen LogP) is 6.00. The van der Waals surface area contributed by atoms with Crippen molar-refractivity contribution in [3.8, 4) is 33.5 Å². The lowest BCUT2D eigenvalue weighted by molar-refractivity contribution is -0.384. The Labute approximate surface area is 226 Å². The fraction of sp³-hybridized carbons (Fsp3) is 0.0714. The number of methoxy groups -OCH3 is 2. The van der Waals surface area contributed by atoms with Crippen LogP contribution in [-0.2, 0) is 4.79 Å². The van der Waals surface area contributed by atoms with Gasteiger partial charge in [-0.2, -0.15) is 0 Å². The van der Waals surface area contributed by atoms with Crippen molar-refractivity contribution < 1.29 is 19.2 Å². The average molecular weight is 540 g/mol. The van der Waals surface area contributed by atoms with Gasteiger partial charge in [-0.05, 0) is 66.7 Å². The number of nitro benzene ring substituents is 1. The highest BCUT2D eigenvalue weighted by atomic mass is 32.1. The monoisotopic (exact) mass is 539 g/mol. The largest absolute Gasteiger partial charge is 0.497 e. The highest BCUT2D eigenvalue weighted by Gasteiger charge is 2.15. The maximum atomic E-state index is 12.6. The fourth-order valence-electron chi connectivity index (χ4n) is 3.69. The number of amides is 1. The van der Waals surface area contributed by atoms with Crippen molar-refractivity contribution in [2.24, 2.45) is 0 Å². The van der Waals surface area contributed by atoms with E-state index in [1.54, 1.807) is 20.3 Å². The average Bonchev–Trinajstić information content (AvgIpc) is 3.41. The predicted molar refractivity (Wildman–Crippen MR) is 150 cm³/mol. The van der Waals surface area contributed by atoms with E-state index in [4.69, 9.17) is 24.4 Å². The molecule has 194 valence electrons. The van der Waals surface area contributed by atoms with Gasteiger partial charge in [0.15, 0.2) is 5.82 Å². The van der Waals surface area contributed by atoms with E-state index in [0.717, 1.165) is 21.9 Å². The summed E-state index contributed by atoms with van der Waals surface area (Å²) in [5, 5.41) is 14.3. The van der Waals surface area contributed by atoms with Crippen LogP contribution in [0.1, 0.15) is 5.69 Å². The Morgan fingerprint density at radius 3 is 2.08 bits per heavy atom. The summed E-state index contributed by atoms with van der Waals surface area (Å²) in [6.07, 6.45) is 2.92.